The third-order valence-electron chi connectivity index (χ3n) is 7.02. The molecule has 1 N–H and O–H groups in total. The molecular weight excluding hydrogens is 430 g/mol. The SMILES string of the molecule is CCCCCN1CC(=O)N2[C@@H](c3ccc(C(=O)OC)cc3)c3[nH]c4ccccc4c3C[C@H]2C1=O. The van der Waals surface area contributed by atoms with Crippen molar-refractivity contribution in [1.29, 1.82) is 0 Å². The van der Waals surface area contributed by atoms with Crippen molar-refractivity contribution in [2.24, 2.45) is 0 Å². The summed E-state index contributed by atoms with van der Waals surface area (Å²) in [4.78, 5) is 46.0. The van der Waals surface area contributed by atoms with Crippen molar-refractivity contribution in [2.75, 3.05) is 20.2 Å². The fourth-order valence-corrected chi connectivity index (χ4v) is 5.33. The number of hydrogen-bond acceptors (Lipinski definition) is 4. The van der Waals surface area contributed by atoms with Crippen LogP contribution in [0.1, 0.15) is 59.4 Å². The molecule has 2 amide bonds. The van der Waals surface area contributed by atoms with Gasteiger partial charge in [-0.15, -0.1) is 0 Å². The van der Waals surface area contributed by atoms with Gasteiger partial charge in [0.05, 0.1) is 25.3 Å². The molecule has 34 heavy (non-hydrogen) atoms. The Morgan fingerprint density at radius 3 is 2.59 bits per heavy atom. The van der Waals surface area contributed by atoms with E-state index in [2.05, 4.69) is 18.0 Å². The van der Waals surface area contributed by atoms with Crippen LogP contribution in [0.2, 0.25) is 0 Å². The van der Waals surface area contributed by atoms with Crippen molar-refractivity contribution in [1.82, 2.24) is 14.8 Å². The summed E-state index contributed by atoms with van der Waals surface area (Å²) in [5, 5.41) is 1.08. The van der Waals surface area contributed by atoms with E-state index in [0.717, 1.165) is 47.0 Å². The van der Waals surface area contributed by atoms with Crippen LogP contribution in [0.3, 0.4) is 0 Å². The van der Waals surface area contributed by atoms with Crippen LogP contribution in [0, 0.1) is 0 Å². The van der Waals surface area contributed by atoms with Gasteiger partial charge >= 0.3 is 5.97 Å². The molecule has 0 radical (unpaired) electrons. The number of unbranched alkanes of at least 4 members (excludes halogenated alkanes) is 2. The molecule has 0 spiro atoms. The molecule has 5 rings (SSSR count). The minimum absolute atomic E-state index is 0.0165. The fraction of sp³-hybridized carbons (Fsp3) is 0.370. The number of esters is 1. The topological polar surface area (TPSA) is 82.7 Å². The summed E-state index contributed by atoms with van der Waals surface area (Å²) in [7, 11) is 1.35. The zero-order chi connectivity index (χ0) is 23.8. The van der Waals surface area contributed by atoms with Crippen molar-refractivity contribution >= 4 is 28.7 Å². The highest BCUT2D eigenvalue weighted by Crippen LogP contribution is 2.42. The van der Waals surface area contributed by atoms with E-state index >= 15 is 0 Å². The number of carbonyl (C=O) groups is 3. The molecule has 0 aliphatic carbocycles. The molecule has 7 nitrogen and oxygen atoms in total. The van der Waals surface area contributed by atoms with Gasteiger partial charge < -0.3 is 19.5 Å². The second-order valence-electron chi connectivity index (χ2n) is 9.07. The Kier molecular flexibility index (Phi) is 5.86. The first-order valence-electron chi connectivity index (χ1n) is 11.9. The highest BCUT2D eigenvalue weighted by molar-refractivity contribution is 5.97. The standard InChI is InChI=1S/C27H29N3O4/c1-3-4-7-14-29-16-23(31)30-22(26(29)32)15-20-19-8-5-6-9-21(19)28-24(20)25(30)17-10-12-18(13-11-17)27(33)34-2/h5-6,8-13,22,25,28H,3-4,7,14-16H2,1-2H3/t22-,25-/m0/s1. The molecule has 0 unspecified atom stereocenters. The molecule has 2 aromatic carbocycles. The van der Waals surface area contributed by atoms with Gasteiger partial charge in [0, 0.05) is 29.6 Å². The van der Waals surface area contributed by atoms with E-state index in [9.17, 15) is 14.4 Å². The van der Waals surface area contributed by atoms with Crippen molar-refractivity contribution in [3.63, 3.8) is 0 Å². The summed E-state index contributed by atoms with van der Waals surface area (Å²) < 4.78 is 4.83. The van der Waals surface area contributed by atoms with Crippen LogP contribution in [0.5, 0.6) is 0 Å². The highest BCUT2D eigenvalue weighted by Gasteiger charge is 2.48. The maximum atomic E-state index is 13.6. The predicted molar refractivity (Wildman–Crippen MR) is 128 cm³/mol. The molecule has 7 heteroatoms. The molecule has 1 saturated heterocycles. The number of amides is 2. The van der Waals surface area contributed by atoms with Gasteiger partial charge in [-0.25, -0.2) is 4.79 Å². The molecule has 0 saturated carbocycles. The van der Waals surface area contributed by atoms with Crippen LogP contribution in [0.25, 0.3) is 10.9 Å². The number of H-pyrrole nitrogens is 1. The van der Waals surface area contributed by atoms with Gasteiger partial charge in [-0.2, -0.15) is 0 Å². The molecule has 1 fully saturated rings. The highest BCUT2D eigenvalue weighted by atomic mass is 16.5. The molecule has 176 valence electrons. The van der Waals surface area contributed by atoms with Gasteiger partial charge in [-0.1, -0.05) is 50.1 Å². The lowest BCUT2D eigenvalue weighted by Crippen LogP contribution is -2.63. The Morgan fingerprint density at radius 2 is 1.85 bits per heavy atom. The number of fused-ring (bicyclic) bond motifs is 4. The predicted octanol–water partition coefficient (Wildman–Crippen LogP) is 3.83. The maximum Gasteiger partial charge on any atom is 0.337 e. The number of hydrogen-bond donors (Lipinski definition) is 1. The number of nitrogens with zero attached hydrogens (tertiary/aromatic N) is 2. The number of ether oxygens (including phenoxy) is 1. The number of piperazine rings is 1. The van der Waals surface area contributed by atoms with Crippen LogP contribution >= 0.6 is 0 Å². The Balaban J connectivity index is 1.59. The molecule has 3 aromatic rings. The van der Waals surface area contributed by atoms with E-state index in [4.69, 9.17) is 4.74 Å². The summed E-state index contributed by atoms with van der Waals surface area (Å²) >= 11 is 0. The Hall–Kier alpha value is -3.61. The maximum absolute atomic E-state index is 13.6. The van der Waals surface area contributed by atoms with Crippen molar-refractivity contribution < 1.29 is 19.1 Å². The van der Waals surface area contributed by atoms with Gasteiger partial charge in [-0.05, 0) is 35.7 Å². The average Bonchev–Trinajstić information content (AvgIpc) is 3.24. The Morgan fingerprint density at radius 1 is 1.09 bits per heavy atom. The fourth-order valence-electron chi connectivity index (χ4n) is 5.33. The lowest BCUT2D eigenvalue weighted by atomic mass is 9.86. The number of para-hydroxylation sites is 1. The third kappa shape index (κ3) is 3.65. The molecular formula is C27H29N3O4. The molecule has 3 heterocycles. The third-order valence-corrected chi connectivity index (χ3v) is 7.02. The van der Waals surface area contributed by atoms with Crippen molar-refractivity contribution in [3.05, 3.63) is 70.9 Å². The number of benzene rings is 2. The van der Waals surface area contributed by atoms with E-state index in [-0.39, 0.29) is 18.4 Å². The molecule has 2 atom stereocenters. The average molecular weight is 460 g/mol. The molecule has 1 aromatic heterocycles. The van der Waals surface area contributed by atoms with E-state index in [1.807, 2.05) is 30.3 Å². The zero-order valence-electron chi connectivity index (χ0n) is 19.5. The van der Waals surface area contributed by atoms with E-state index < -0.39 is 18.1 Å². The van der Waals surface area contributed by atoms with Crippen LogP contribution in [-0.4, -0.2) is 58.8 Å². The first-order valence-corrected chi connectivity index (χ1v) is 11.9. The van der Waals surface area contributed by atoms with E-state index in [1.54, 1.807) is 21.9 Å². The zero-order valence-corrected chi connectivity index (χ0v) is 19.5. The first-order chi connectivity index (χ1) is 16.5. The van der Waals surface area contributed by atoms with Crippen molar-refractivity contribution in [3.8, 4) is 0 Å². The Labute approximate surface area is 198 Å². The summed E-state index contributed by atoms with van der Waals surface area (Å²) in [5.41, 5.74) is 4.30. The van der Waals surface area contributed by atoms with Crippen LogP contribution in [0.4, 0.5) is 0 Å². The van der Waals surface area contributed by atoms with Crippen LogP contribution < -0.4 is 0 Å². The van der Waals surface area contributed by atoms with Gasteiger partial charge in [0.1, 0.15) is 6.04 Å². The lowest BCUT2D eigenvalue weighted by Gasteiger charge is -2.47. The number of aromatic nitrogens is 1. The Bertz CT molecular complexity index is 1250. The van der Waals surface area contributed by atoms with Gasteiger partial charge in [0.2, 0.25) is 11.8 Å². The van der Waals surface area contributed by atoms with E-state index in [1.165, 1.54) is 7.11 Å². The quantitative estimate of drug-likeness (QED) is 0.449. The summed E-state index contributed by atoms with van der Waals surface area (Å²) in [6.07, 6.45) is 3.49. The van der Waals surface area contributed by atoms with Crippen LogP contribution in [0.15, 0.2) is 48.5 Å². The summed E-state index contributed by atoms with van der Waals surface area (Å²) in [6, 6.07) is 14.2. The normalized spacial score (nSPS) is 19.8. The van der Waals surface area contributed by atoms with Crippen LogP contribution in [-0.2, 0) is 20.7 Å². The minimum Gasteiger partial charge on any atom is -0.465 e. The summed E-state index contributed by atoms with van der Waals surface area (Å²) in [5.74, 6) is -0.443. The van der Waals surface area contributed by atoms with Crippen molar-refractivity contribution in [2.45, 2.75) is 44.7 Å². The van der Waals surface area contributed by atoms with Gasteiger partial charge in [0.15, 0.2) is 0 Å². The molecule has 2 aliphatic heterocycles. The smallest absolute Gasteiger partial charge is 0.337 e. The van der Waals surface area contributed by atoms with E-state index in [0.29, 0.717) is 18.5 Å². The number of aromatic amines is 1. The second kappa shape index (κ2) is 8.97. The largest absolute Gasteiger partial charge is 0.465 e. The number of methoxy groups -OCH3 is 1. The molecule has 2 aliphatic rings. The minimum atomic E-state index is -0.542. The monoisotopic (exact) mass is 459 g/mol. The van der Waals surface area contributed by atoms with Gasteiger partial charge in [0.25, 0.3) is 0 Å². The van der Waals surface area contributed by atoms with Gasteiger partial charge in [-0.3, -0.25) is 9.59 Å². The second-order valence-corrected chi connectivity index (χ2v) is 9.07. The number of rotatable bonds is 6. The number of nitrogens with one attached hydrogen (secondary N) is 1. The number of carbonyl (C=O) groups excluding carboxylic acids is 3. The first kappa shape index (κ1) is 22.2. The lowest BCUT2D eigenvalue weighted by molar-refractivity contribution is -0.158. The summed E-state index contributed by atoms with van der Waals surface area (Å²) in [6.45, 7) is 2.84. The molecule has 0 bridgehead atoms.